The molecule has 1 amide bonds. The van der Waals surface area contributed by atoms with Crippen LogP contribution >= 0.6 is 22.9 Å². The van der Waals surface area contributed by atoms with Gasteiger partial charge in [0, 0.05) is 42.8 Å². The summed E-state index contributed by atoms with van der Waals surface area (Å²) in [5.74, 6) is -0.935. The zero-order valence-corrected chi connectivity index (χ0v) is 26.2. The van der Waals surface area contributed by atoms with Crippen molar-refractivity contribution in [3.05, 3.63) is 73.0 Å². The summed E-state index contributed by atoms with van der Waals surface area (Å²) in [6.45, 7) is 4.91. The van der Waals surface area contributed by atoms with E-state index in [9.17, 15) is 55.8 Å². The van der Waals surface area contributed by atoms with Crippen molar-refractivity contribution in [2.45, 2.75) is 45.6 Å². The van der Waals surface area contributed by atoms with Crippen LogP contribution in [-0.4, -0.2) is 57.6 Å². The van der Waals surface area contributed by atoms with E-state index in [1.165, 1.54) is 34.1 Å². The molecule has 0 saturated carbocycles. The predicted octanol–water partition coefficient (Wildman–Crippen LogP) is 7.49. The maximum absolute atomic E-state index is 13.0. The fourth-order valence-electron chi connectivity index (χ4n) is 3.99. The molecule has 1 heterocycles. The van der Waals surface area contributed by atoms with Crippen LogP contribution in [0.4, 0.5) is 53.5 Å². The maximum Gasteiger partial charge on any atom is 0.445 e. The Morgan fingerprint density at radius 3 is 1.94 bits per heavy atom. The summed E-state index contributed by atoms with van der Waals surface area (Å²) in [5.41, 5.74) is -3.39. The molecule has 47 heavy (non-hydrogen) atoms. The second kappa shape index (κ2) is 16.5. The minimum atomic E-state index is -4.93. The number of rotatable bonds is 12. The van der Waals surface area contributed by atoms with Gasteiger partial charge in [0.25, 0.3) is 22.5 Å². The Morgan fingerprint density at radius 1 is 0.979 bits per heavy atom. The largest absolute Gasteiger partial charge is 0.459 e. The highest BCUT2D eigenvalue weighted by molar-refractivity contribution is 7.13. The maximum atomic E-state index is 13.0. The number of carbonyl (C=O) groups excluding carboxylic acids is 1. The van der Waals surface area contributed by atoms with Crippen molar-refractivity contribution in [3.63, 3.8) is 0 Å². The van der Waals surface area contributed by atoms with E-state index in [1.54, 1.807) is 20.8 Å². The van der Waals surface area contributed by atoms with Crippen LogP contribution in [0.1, 0.15) is 37.8 Å². The molecule has 0 fully saturated rings. The molecule has 1 aromatic heterocycles. The lowest BCUT2D eigenvalue weighted by Crippen LogP contribution is -2.40. The molecule has 0 atom stereocenters. The highest BCUT2D eigenvalue weighted by atomic mass is 35.5. The lowest BCUT2D eigenvalue weighted by molar-refractivity contribution is -0.393. The number of nitro groups is 2. The Balaban J connectivity index is 0.000000327. The van der Waals surface area contributed by atoms with Gasteiger partial charge in [0.15, 0.2) is 12.3 Å². The molecule has 0 aliphatic rings. The summed E-state index contributed by atoms with van der Waals surface area (Å²) in [6, 6.07) is 5.63. The van der Waals surface area contributed by atoms with Crippen LogP contribution < -0.4 is 14.5 Å². The van der Waals surface area contributed by atoms with Crippen LogP contribution in [0, 0.1) is 26.0 Å². The number of hydrogen-bond donors (Lipinski definition) is 0. The molecule has 12 nitrogen and oxygen atoms in total. The lowest BCUT2D eigenvalue weighted by atomic mass is 10.1. The Hall–Kier alpha value is -4.33. The van der Waals surface area contributed by atoms with E-state index in [2.05, 4.69) is 10.2 Å². The fraction of sp³-hybridized carbons (Fsp3) is 0.423. The molecule has 0 saturated heterocycles. The third kappa shape index (κ3) is 10.9. The first-order chi connectivity index (χ1) is 21.8. The van der Waals surface area contributed by atoms with Crippen LogP contribution in [0.15, 0.2) is 36.4 Å². The predicted molar refractivity (Wildman–Crippen MR) is 157 cm³/mol. The number of alkyl halides is 7. The van der Waals surface area contributed by atoms with Gasteiger partial charge in [-0.05, 0) is 44.5 Å². The van der Waals surface area contributed by atoms with E-state index in [1.807, 2.05) is 0 Å². The van der Waals surface area contributed by atoms with Crippen LogP contribution in [0.3, 0.4) is 0 Å². The Bertz CT molecular complexity index is 1500. The quantitative estimate of drug-likeness (QED) is 0.0805. The number of ether oxygens (including phenoxy) is 1. The number of benzene rings is 2. The van der Waals surface area contributed by atoms with Crippen LogP contribution in [-0.2, 0) is 17.1 Å². The van der Waals surface area contributed by atoms with Crippen molar-refractivity contribution in [3.8, 4) is 5.19 Å². The van der Waals surface area contributed by atoms with Gasteiger partial charge in [0.2, 0.25) is 5.01 Å². The van der Waals surface area contributed by atoms with E-state index in [0.717, 1.165) is 0 Å². The molecule has 0 N–H and O–H groups in total. The SMILES string of the molecule is CC(C)N(C(=O)COc1nnc(C(F)(F)F)s1)c1ccc(F)cc1.CCCN(CCCl)c1c([N+](=O)[O-])cc(C(F)(F)F)cc1[N+](=O)[O-]. The summed E-state index contributed by atoms with van der Waals surface area (Å²) < 4.78 is 93.8. The van der Waals surface area contributed by atoms with Gasteiger partial charge < -0.3 is 14.5 Å². The molecule has 258 valence electrons. The number of carbonyl (C=O) groups is 1. The number of halogens is 8. The second-order valence-electron chi connectivity index (χ2n) is 9.54. The van der Waals surface area contributed by atoms with E-state index < -0.39 is 68.2 Å². The van der Waals surface area contributed by atoms with Gasteiger partial charge in [-0.1, -0.05) is 23.4 Å². The van der Waals surface area contributed by atoms with Crippen LogP contribution in [0.2, 0.25) is 0 Å². The molecule has 0 bridgehead atoms. The smallest absolute Gasteiger partial charge is 0.445 e. The first-order valence-electron chi connectivity index (χ1n) is 13.3. The van der Waals surface area contributed by atoms with Crippen molar-refractivity contribution in [2.24, 2.45) is 0 Å². The molecule has 21 heteroatoms. The molecule has 0 unspecified atom stereocenters. The number of nitro benzene ring substituents is 2. The number of aromatic nitrogens is 2. The number of anilines is 2. The van der Waals surface area contributed by atoms with E-state index >= 15 is 0 Å². The lowest BCUT2D eigenvalue weighted by Gasteiger charge is -2.26. The highest BCUT2D eigenvalue weighted by Crippen LogP contribution is 2.43. The molecule has 2 aromatic carbocycles. The number of amides is 1. The van der Waals surface area contributed by atoms with Crippen LogP contribution in [0.25, 0.3) is 0 Å². The Labute approximate surface area is 271 Å². The first kappa shape index (κ1) is 38.9. The average molecular weight is 719 g/mol. The normalized spacial score (nSPS) is 11.5. The monoisotopic (exact) mass is 718 g/mol. The van der Waals surface area contributed by atoms with Gasteiger partial charge in [0.1, 0.15) is 5.82 Å². The van der Waals surface area contributed by atoms with E-state index in [4.69, 9.17) is 16.3 Å². The topological polar surface area (TPSA) is 145 Å². The highest BCUT2D eigenvalue weighted by Gasteiger charge is 2.39. The standard InChI is InChI=1S/C14H13F4N3O2S.C12H13ClF3N3O4/c1-8(2)21(10-5-3-9(15)4-6-10)11(22)7-23-13-20-19-12(24-13)14(16,17)18;1-2-4-17(5-3-13)11-9(18(20)21)6-8(12(14,15)16)7-10(11)19(22)23/h3-6,8H,7H2,1-2H3;6-7H,2-5H2,1H3. The zero-order chi connectivity index (χ0) is 35.7. The third-order valence-corrected chi connectivity index (χ3v) is 6.86. The van der Waals surface area contributed by atoms with Crippen molar-refractivity contribution >= 4 is 51.6 Å². The zero-order valence-electron chi connectivity index (χ0n) is 24.6. The van der Waals surface area contributed by atoms with Gasteiger partial charge in [0.05, 0.1) is 15.4 Å². The molecule has 0 spiro atoms. The van der Waals surface area contributed by atoms with Gasteiger partial charge in [-0.3, -0.25) is 25.0 Å². The van der Waals surface area contributed by atoms with Crippen molar-refractivity contribution in [2.75, 3.05) is 35.4 Å². The van der Waals surface area contributed by atoms with Gasteiger partial charge in [-0.15, -0.1) is 16.7 Å². The Morgan fingerprint density at radius 2 is 1.53 bits per heavy atom. The second-order valence-corrected chi connectivity index (χ2v) is 10.9. The summed E-state index contributed by atoms with van der Waals surface area (Å²) in [4.78, 5) is 35.1. The molecular formula is C26H26ClF7N6O6S. The summed E-state index contributed by atoms with van der Waals surface area (Å²) in [6.07, 6.45) is -9.07. The molecule has 3 aromatic rings. The summed E-state index contributed by atoms with van der Waals surface area (Å²) in [7, 11) is 0. The molecular weight excluding hydrogens is 693 g/mol. The first-order valence-corrected chi connectivity index (χ1v) is 14.6. The Kier molecular flexibility index (Phi) is 13.6. The van der Waals surface area contributed by atoms with Crippen molar-refractivity contribution in [1.82, 2.24) is 10.2 Å². The van der Waals surface area contributed by atoms with Gasteiger partial charge >= 0.3 is 12.4 Å². The number of hydrogen-bond acceptors (Lipinski definition) is 10. The van der Waals surface area contributed by atoms with Gasteiger partial charge in [-0.2, -0.15) is 26.3 Å². The van der Waals surface area contributed by atoms with Crippen molar-refractivity contribution in [1.29, 1.82) is 0 Å². The van der Waals surface area contributed by atoms with E-state index in [0.29, 0.717) is 24.2 Å². The third-order valence-electron chi connectivity index (χ3n) is 5.81. The molecule has 0 aliphatic heterocycles. The van der Waals surface area contributed by atoms with Crippen LogP contribution in [0.5, 0.6) is 5.19 Å². The van der Waals surface area contributed by atoms with E-state index in [-0.39, 0.29) is 41.5 Å². The minimum Gasteiger partial charge on any atom is -0.459 e. The average Bonchev–Trinajstić information content (AvgIpc) is 3.46. The molecule has 0 radical (unpaired) electrons. The minimum absolute atomic E-state index is 0.00926. The molecule has 3 rings (SSSR count). The number of nitrogens with zero attached hydrogens (tertiary/aromatic N) is 6. The van der Waals surface area contributed by atoms with Gasteiger partial charge in [-0.25, -0.2) is 4.39 Å². The summed E-state index contributed by atoms with van der Waals surface area (Å²) >= 11 is 5.80. The molecule has 0 aliphatic carbocycles. The fourth-order valence-corrected chi connectivity index (χ4v) is 4.75. The summed E-state index contributed by atoms with van der Waals surface area (Å²) in [5, 5.41) is 27.0. The van der Waals surface area contributed by atoms with Crippen molar-refractivity contribution < 1.29 is 50.1 Å².